The second-order valence-corrected chi connectivity index (χ2v) is 7.24. The largest absolute Gasteiger partial charge is 0.367 e. The Morgan fingerprint density at radius 2 is 2.30 bits per heavy atom. The van der Waals surface area contributed by atoms with Crippen LogP contribution in [0.3, 0.4) is 0 Å². The molecule has 106 valence electrons. The maximum atomic E-state index is 3.90. The SMILES string of the molecule is C=CCN1CCC2C(C1)c1cccc3c1N2CCCS3. The van der Waals surface area contributed by atoms with Gasteiger partial charge in [0, 0.05) is 43.0 Å². The fraction of sp³-hybridized carbons (Fsp3) is 0.529. The second-order valence-electron chi connectivity index (χ2n) is 6.10. The van der Waals surface area contributed by atoms with E-state index in [4.69, 9.17) is 0 Å². The highest BCUT2D eigenvalue weighted by Gasteiger charge is 2.42. The summed E-state index contributed by atoms with van der Waals surface area (Å²) in [4.78, 5) is 6.82. The van der Waals surface area contributed by atoms with Gasteiger partial charge < -0.3 is 4.90 Å². The molecule has 0 N–H and O–H groups in total. The molecule has 1 aromatic rings. The van der Waals surface area contributed by atoms with E-state index in [1.165, 1.54) is 43.1 Å². The van der Waals surface area contributed by atoms with Crippen molar-refractivity contribution in [1.82, 2.24) is 4.90 Å². The van der Waals surface area contributed by atoms with Crippen molar-refractivity contribution in [3.05, 3.63) is 36.4 Å². The minimum absolute atomic E-state index is 0.706. The molecule has 0 amide bonds. The Hall–Kier alpha value is -0.930. The summed E-state index contributed by atoms with van der Waals surface area (Å²) in [7, 11) is 0. The van der Waals surface area contributed by atoms with Crippen molar-refractivity contribution >= 4 is 17.4 Å². The van der Waals surface area contributed by atoms with Crippen LogP contribution in [0.2, 0.25) is 0 Å². The van der Waals surface area contributed by atoms with Gasteiger partial charge in [-0.25, -0.2) is 0 Å². The van der Waals surface area contributed by atoms with Crippen LogP contribution in [0.25, 0.3) is 0 Å². The minimum atomic E-state index is 0.706. The molecule has 3 heterocycles. The molecule has 3 aliphatic rings. The molecule has 1 aromatic carbocycles. The van der Waals surface area contributed by atoms with E-state index >= 15 is 0 Å². The number of fused-ring (bicyclic) bond motifs is 3. The van der Waals surface area contributed by atoms with Crippen LogP contribution < -0.4 is 4.90 Å². The monoisotopic (exact) mass is 286 g/mol. The molecule has 0 saturated carbocycles. The van der Waals surface area contributed by atoms with Crippen LogP contribution in [0.1, 0.15) is 24.3 Å². The summed E-state index contributed by atoms with van der Waals surface area (Å²) in [6.07, 6.45) is 4.67. The fourth-order valence-corrected chi connectivity index (χ4v) is 5.20. The molecule has 2 unspecified atom stereocenters. The van der Waals surface area contributed by atoms with Crippen LogP contribution in [0.4, 0.5) is 5.69 Å². The molecule has 0 spiro atoms. The van der Waals surface area contributed by atoms with E-state index in [-0.39, 0.29) is 0 Å². The first-order chi connectivity index (χ1) is 9.88. The standard InChI is InChI=1S/C17H22N2S/c1-2-8-18-10-7-15-14(12-18)13-5-3-6-16-17(13)19(15)9-4-11-20-16/h2-3,5-6,14-15H,1,4,7-12H2. The van der Waals surface area contributed by atoms with Gasteiger partial charge in [0.15, 0.2) is 0 Å². The second kappa shape index (κ2) is 5.12. The lowest BCUT2D eigenvalue weighted by Crippen LogP contribution is -2.46. The molecule has 1 saturated heterocycles. The van der Waals surface area contributed by atoms with Gasteiger partial charge in [-0.2, -0.15) is 0 Å². The topological polar surface area (TPSA) is 6.48 Å². The van der Waals surface area contributed by atoms with Crippen LogP contribution >= 0.6 is 11.8 Å². The van der Waals surface area contributed by atoms with Crippen LogP contribution in [0.15, 0.2) is 35.7 Å². The number of hydrogen-bond donors (Lipinski definition) is 0. The first-order valence-corrected chi connectivity index (χ1v) is 8.72. The smallest absolute Gasteiger partial charge is 0.0543 e. The van der Waals surface area contributed by atoms with Crippen LogP contribution in [-0.4, -0.2) is 42.9 Å². The average molecular weight is 286 g/mol. The van der Waals surface area contributed by atoms with Crippen LogP contribution in [0.5, 0.6) is 0 Å². The molecule has 0 aliphatic carbocycles. The third-order valence-corrected chi connectivity index (χ3v) is 6.10. The maximum absolute atomic E-state index is 3.90. The molecule has 20 heavy (non-hydrogen) atoms. The average Bonchev–Trinajstić information content (AvgIpc) is 2.64. The molecule has 0 aromatic heterocycles. The lowest BCUT2D eigenvalue weighted by molar-refractivity contribution is 0.211. The van der Waals surface area contributed by atoms with E-state index in [0.29, 0.717) is 5.92 Å². The molecule has 0 bridgehead atoms. The molecule has 3 aliphatic heterocycles. The van der Waals surface area contributed by atoms with Gasteiger partial charge in [0.1, 0.15) is 0 Å². The zero-order valence-corrected chi connectivity index (χ0v) is 12.7. The first kappa shape index (κ1) is 12.8. The number of piperidine rings is 1. The van der Waals surface area contributed by atoms with E-state index in [1.54, 1.807) is 11.3 Å². The lowest BCUT2D eigenvalue weighted by Gasteiger charge is -2.38. The van der Waals surface area contributed by atoms with E-state index in [0.717, 1.165) is 12.6 Å². The molecule has 0 radical (unpaired) electrons. The number of likely N-dealkylation sites (tertiary alicyclic amines) is 1. The summed E-state index contributed by atoms with van der Waals surface area (Å²) in [6.45, 7) is 8.61. The number of anilines is 1. The van der Waals surface area contributed by atoms with Crippen molar-refractivity contribution in [2.75, 3.05) is 36.8 Å². The minimum Gasteiger partial charge on any atom is -0.367 e. The Kier molecular flexibility index (Phi) is 3.27. The van der Waals surface area contributed by atoms with Crippen LogP contribution in [0, 0.1) is 0 Å². The van der Waals surface area contributed by atoms with E-state index in [9.17, 15) is 0 Å². The number of thioether (sulfide) groups is 1. The van der Waals surface area contributed by atoms with E-state index < -0.39 is 0 Å². The van der Waals surface area contributed by atoms with Gasteiger partial charge in [0.05, 0.1) is 5.69 Å². The Bertz CT molecular complexity index is 528. The third-order valence-electron chi connectivity index (χ3n) is 4.97. The van der Waals surface area contributed by atoms with Gasteiger partial charge in [-0.1, -0.05) is 18.2 Å². The highest BCUT2D eigenvalue weighted by Crippen LogP contribution is 2.50. The zero-order valence-electron chi connectivity index (χ0n) is 11.9. The summed E-state index contributed by atoms with van der Waals surface area (Å²) in [6, 6.07) is 7.70. The Morgan fingerprint density at radius 1 is 1.35 bits per heavy atom. The Morgan fingerprint density at radius 3 is 3.20 bits per heavy atom. The summed E-state index contributed by atoms with van der Waals surface area (Å²) in [5.74, 6) is 1.98. The summed E-state index contributed by atoms with van der Waals surface area (Å²) in [5, 5.41) is 0. The Balaban J connectivity index is 1.73. The number of rotatable bonds is 2. The summed E-state index contributed by atoms with van der Waals surface area (Å²) >= 11 is 2.05. The first-order valence-electron chi connectivity index (χ1n) is 7.74. The van der Waals surface area contributed by atoms with Crippen molar-refractivity contribution < 1.29 is 0 Å². The summed E-state index contributed by atoms with van der Waals surface area (Å²) < 4.78 is 0. The Labute approximate surface area is 125 Å². The van der Waals surface area contributed by atoms with Crippen molar-refractivity contribution in [2.45, 2.75) is 29.7 Å². The molecule has 2 atom stereocenters. The van der Waals surface area contributed by atoms with Gasteiger partial charge in [0.25, 0.3) is 0 Å². The summed E-state index contributed by atoms with van der Waals surface area (Å²) in [5.41, 5.74) is 3.18. The molecule has 2 nitrogen and oxygen atoms in total. The van der Waals surface area contributed by atoms with Crippen LogP contribution in [-0.2, 0) is 0 Å². The number of nitrogens with zero attached hydrogens (tertiary/aromatic N) is 2. The molecule has 4 rings (SSSR count). The molecular formula is C17H22N2S. The number of benzene rings is 1. The van der Waals surface area contributed by atoms with E-state index in [2.05, 4.69) is 46.3 Å². The van der Waals surface area contributed by atoms with Gasteiger partial charge in [-0.3, -0.25) is 4.90 Å². The van der Waals surface area contributed by atoms with Gasteiger partial charge in [0.2, 0.25) is 0 Å². The number of para-hydroxylation sites is 1. The van der Waals surface area contributed by atoms with E-state index in [1.807, 2.05) is 6.08 Å². The fourth-order valence-electron chi connectivity index (χ4n) is 4.16. The normalized spacial score (nSPS) is 28.7. The van der Waals surface area contributed by atoms with Crippen molar-refractivity contribution in [1.29, 1.82) is 0 Å². The predicted molar refractivity (Wildman–Crippen MR) is 86.9 cm³/mol. The van der Waals surface area contributed by atoms with Gasteiger partial charge in [-0.15, -0.1) is 18.3 Å². The van der Waals surface area contributed by atoms with Crippen molar-refractivity contribution in [3.8, 4) is 0 Å². The zero-order chi connectivity index (χ0) is 13.5. The quantitative estimate of drug-likeness (QED) is 0.770. The third kappa shape index (κ3) is 1.91. The van der Waals surface area contributed by atoms with Gasteiger partial charge >= 0.3 is 0 Å². The number of hydrogen-bond acceptors (Lipinski definition) is 3. The highest BCUT2D eigenvalue weighted by molar-refractivity contribution is 7.99. The maximum Gasteiger partial charge on any atom is 0.0543 e. The van der Waals surface area contributed by atoms with Gasteiger partial charge in [-0.05, 0) is 30.2 Å². The van der Waals surface area contributed by atoms with Crippen molar-refractivity contribution in [2.24, 2.45) is 0 Å². The highest BCUT2D eigenvalue weighted by atomic mass is 32.2. The molecule has 3 heteroatoms. The molecular weight excluding hydrogens is 264 g/mol. The van der Waals surface area contributed by atoms with Crippen molar-refractivity contribution in [3.63, 3.8) is 0 Å². The lowest BCUT2D eigenvalue weighted by atomic mass is 9.89. The predicted octanol–water partition coefficient (Wildman–Crippen LogP) is 3.35. The molecule has 1 fully saturated rings.